The Bertz CT molecular complexity index is 796. The Kier molecular flexibility index (Phi) is 5.17. The number of alkyl halides is 3. The number of nitrogens with zero attached hydrogens (tertiary/aromatic N) is 1. The first kappa shape index (κ1) is 20.7. The number of hydrogen-bond donors (Lipinski definition) is 2. The molecule has 10 heteroatoms. The van der Waals surface area contributed by atoms with Gasteiger partial charge in [-0.1, -0.05) is 6.07 Å². The van der Waals surface area contributed by atoms with Crippen LogP contribution in [-0.4, -0.2) is 47.6 Å². The van der Waals surface area contributed by atoms with E-state index >= 15 is 0 Å². The second kappa shape index (κ2) is 6.50. The van der Waals surface area contributed by atoms with Crippen LogP contribution in [0.2, 0.25) is 0 Å². The first-order chi connectivity index (χ1) is 11.7. The molecule has 0 radical (unpaired) electrons. The normalized spacial score (nSPS) is 19.3. The zero-order valence-corrected chi connectivity index (χ0v) is 15.1. The lowest BCUT2D eigenvalue weighted by atomic mass is 9.70. The van der Waals surface area contributed by atoms with Crippen LogP contribution in [0.4, 0.5) is 13.2 Å². The van der Waals surface area contributed by atoms with Gasteiger partial charge in [-0.2, -0.15) is 17.5 Å². The maximum Gasteiger partial charge on any atom is 0.416 e. The Morgan fingerprint density at radius 1 is 1.19 bits per heavy atom. The molecule has 0 atom stereocenters. The van der Waals surface area contributed by atoms with Crippen LogP contribution in [0.15, 0.2) is 29.2 Å². The third-order valence-electron chi connectivity index (χ3n) is 5.05. The molecule has 1 saturated heterocycles. The minimum Gasteiger partial charge on any atom is -0.481 e. The van der Waals surface area contributed by atoms with Crippen LogP contribution in [0, 0.1) is 5.41 Å². The number of aliphatic carboxylic acids is 1. The highest BCUT2D eigenvalue weighted by Gasteiger charge is 2.51. The van der Waals surface area contributed by atoms with Crippen LogP contribution in [-0.2, 0) is 21.0 Å². The average Bonchev–Trinajstić information content (AvgIpc) is 2.54. The lowest BCUT2D eigenvalue weighted by Crippen LogP contribution is -2.56. The van der Waals surface area contributed by atoms with Gasteiger partial charge in [0, 0.05) is 13.1 Å². The maximum atomic E-state index is 12.8. The second-order valence-electron chi connectivity index (χ2n) is 6.89. The van der Waals surface area contributed by atoms with Crippen molar-refractivity contribution in [3.05, 3.63) is 29.8 Å². The van der Waals surface area contributed by atoms with E-state index in [0.717, 1.165) is 22.5 Å². The van der Waals surface area contributed by atoms with Crippen molar-refractivity contribution in [2.24, 2.45) is 5.41 Å². The molecule has 1 aromatic carbocycles. The minimum atomic E-state index is -4.67. The van der Waals surface area contributed by atoms with Crippen LogP contribution in [0.25, 0.3) is 0 Å². The second-order valence-corrected chi connectivity index (χ2v) is 8.83. The molecule has 146 valence electrons. The van der Waals surface area contributed by atoms with Gasteiger partial charge >= 0.3 is 12.1 Å². The van der Waals surface area contributed by atoms with Crippen molar-refractivity contribution in [1.82, 2.24) is 4.31 Å². The molecule has 1 heterocycles. The Morgan fingerprint density at radius 3 is 2.19 bits per heavy atom. The summed E-state index contributed by atoms with van der Waals surface area (Å²) in [4.78, 5) is 10.9. The van der Waals surface area contributed by atoms with Crippen LogP contribution >= 0.6 is 0 Å². The molecule has 1 fully saturated rings. The molecule has 0 bridgehead atoms. The Hall–Kier alpha value is -1.65. The summed E-state index contributed by atoms with van der Waals surface area (Å²) >= 11 is 0. The third kappa shape index (κ3) is 3.58. The van der Waals surface area contributed by atoms with E-state index in [0.29, 0.717) is 6.07 Å². The van der Waals surface area contributed by atoms with Gasteiger partial charge in [0.05, 0.1) is 21.5 Å². The van der Waals surface area contributed by atoms with E-state index in [1.165, 1.54) is 13.8 Å². The average molecular weight is 395 g/mol. The Balaban J connectivity index is 2.25. The molecular formula is C16H20F3NO5S. The van der Waals surface area contributed by atoms with Gasteiger partial charge in [-0.3, -0.25) is 4.79 Å². The van der Waals surface area contributed by atoms with E-state index in [2.05, 4.69) is 0 Å². The summed E-state index contributed by atoms with van der Waals surface area (Å²) in [5.41, 5.74) is -4.17. The van der Waals surface area contributed by atoms with E-state index in [-0.39, 0.29) is 25.9 Å². The van der Waals surface area contributed by atoms with E-state index in [1.807, 2.05) is 0 Å². The van der Waals surface area contributed by atoms with Crippen molar-refractivity contribution in [3.8, 4) is 0 Å². The molecule has 0 amide bonds. The summed E-state index contributed by atoms with van der Waals surface area (Å²) in [6.45, 7) is 2.33. The fourth-order valence-electron chi connectivity index (χ4n) is 2.90. The van der Waals surface area contributed by atoms with Crippen molar-refractivity contribution in [3.63, 3.8) is 0 Å². The maximum absolute atomic E-state index is 12.8. The number of carboxylic acids is 1. The monoisotopic (exact) mass is 395 g/mol. The number of aliphatic hydroxyl groups is 1. The molecule has 0 saturated carbocycles. The van der Waals surface area contributed by atoms with E-state index in [1.54, 1.807) is 0 Å². The number of sulfonamides is 1. The highest BCUT2D eigenvalue weighted by Crippen LogP contribution is 2.40. The molecule has 1 aliphatic heterocycles. The summed E-state index contributed by atoms with van der Waals surface area (Å²) in [6.07, 6.45) is -4.94. The topological polar surface area (TPSA) is 94.9 Å². The number of benzene rings is 1. The van der Waals surface area contributed by atoms with Gasteiger partial charge in [0.15, 0.2) is 0 Å². The van der Waals surface area contributed by atoms with Gasteiger partial charge in [-0.15, -0.1) is 0 Å². The molecule has 0 spiro atoms. The molecular weight excluding hydrogens is 375 g/mol. The minimum absolute atomic E-state index is 0.134. The SMILES string of the molecule is CC(C)(C(=O)O)C1(O)CCN(S(=O)(=O)c2cccc(C(F)(F)F)c2)CC1. The third-order valence-corrected chi connectivity index (χ3v) is 6.94. The number of piperidine rings is 1. The molecule has 1 aliphatic rings. The van der Waals surface area contributed by atoms with Gasteiger partial charge < -0.3 is 10.2 Å². The molecule has 0 aromatic heterocycles. The number of halogens is 3. The largest absolute Gasteiger partial charge is 0.481 e. The van der Waals surface area contributed by atoms with Crippen molar-refractivity contribution in [2.75, 3.05) is 13.1 Å². The molecule has 0 unspecified atom stereocenters. The standard InChI is InChI=1S/C16H20F3NO5S/c1-14(2,13(21)22)15(23)6-8-20(9-7-15)26(24,25)12-5-3-4-11(10-12)16(17,18)19/h3-5,10,23H,6-9H2,1-2H3,(H,21,22). The lowest BCUT2D eigenvalue weighted by molar-refractivity contribution is -0.169. The predicted molar refractivity (Wildman–Crippen MR) is 85.8 cm³/mol. The van der Waals surface area contributed by atoms with Crippen molar-refractivity contribution in [1.29, 1.82) is 0 Å². The van der Waals surface area contributed by atoms with Crippen LogP contribution < -0.4 is 0 Å². The van der Waals surface area contributed by atoms with E-state index < -0.39 is 43.6 Å². The summed E-state index contributed by atoms with van der Waals surface area (Å²) in [5.74, 6) is -1.21. The quantitative estimate of drug-likeness (QED) is 0.816. The van der Waals surface area contributed by atoms with Gasteiger partial charge in [-0.25, -0.2) is 8.42 Å². The van der Waals surface area contributed by atoms with Crippen molar-refractivity contribution < 1.29 is 36.6 Å². The number of carbonyl (C=O) groups is 1. The first-order valence-electron chi connectivity index (χ1n) is 7.85. The summed E-state index contributed by atoms with van der Waals surface area (Å²) < 4.78 is 64.6. The van der Waals surface area contributed by atoms with Crippen LogP contribution in [0.1, 0.15) is 32.3 Å². The Morgan fingerprint density at radius 2 is 1.73 bits per heavy atom. The number of rotatable bonds is 4. The number of carboxylic acid groups (broad SMARTS) is 1. The molecule has 6 nitrogen and oxygen atoms in total. The van der Waals surface area contributed by atoms with E-state index in [9.17, 15) is 36.6 Å². The highest BCUT2D eigenvalue weighted by molar-refractivity contribution is 7.89. The van der Waals surface area contributed by atoms with Crippen LogP contribution in [0.3, 0.4) is 0 Å². The number of hydrogen-bond acceptors (Lipinski definition) is 4. The van der Waals surface area contributed by atoms with E-state index in [4.69, 9.17) is 0 Å². The van der Waals surface area contributed by atoms with Gasteiger partial charge in [0.25, 0.3) is 0 Å². The summed E-state index contributed by atoms with van der Waals surface area (Å²) in [6, 6.07) is 3.44. The molecule has 2 rings (SSSR count). The summed E-state index contributed by atoms with van der Waals surface area (Å²) in [7, 11) is -4.19. The highest BCUT2D eigenvalue weighted by atomic mass is 32.2. The zero-order chi connectivity index (χ0) is 20.0. The first-order valence-corrected chi connectivity index (χ1v) is 9.29. The van der Waals surface area contributed by atoms with Crippen molar-refractivity contribution in [2.45, 2.75) is 43.4 Å². The van der Waals surface area contributed by atoms with Crippen LogP contribution in [0.5, 0.6) is 0 Å². The predicted octanol–water partition coefficient (Wildman–Crippen LogP) is 2.33. The smallest absolute Gasteiger partial charge is 0.416 e. The lowest BCUT2D eigenvalue weighted by Gasteiger charge is -2.45. The molecule has 26 heavy (non-hydrogen) atoms. The Labute approximate surface area is 149 Å². The fourth-order valence-corrected chi connectivity index (χ4v) is 4.39. The molecule has 1 aromatic rings. The summed E-state index contributed by atoms with van der Waals surface area (Å²) in [5, 5.41) is 19.9. The molecule has 0 aliphatic carbocycles. The van der Waals surface area contributed by atoms with Gasteiger partial charge in [-0.05, 0) is 44.9 Å². The fraction of sp³-hybridized carbons (Fsp3) is 0.562. The van der Waals surface area contributed by atoms with Gasteiger partial charge in [0.2, 0.25) is 10.0 Å². The zero-order valence-electron chi connectivity index (χ0n) is 14.2. The molecule has 2 N–H and O–H groups in total. The van der Waals surface area contributed by atoms with Crippen molar-refractivity contribution >= 4 is 16.0 Å². The van der Waals surface area contributed by atoms with Gasteiger partial charge in [0.1, 0.15) is 0 Å².